The lowest BCUT2D eigenvalue weighted by molar-refractivity contribution is 0.0872. The maximum atomic E-state index is 11.7. The van der Waals surface area contributed by atoms with Gasteiger partial charge in [-0.05, 0) is 37.1 Å². The molecule has 0 fully saturated rings. The number of carbonyl (C=O) groups is 1. The number of nitrogens with zero attached hydrogens (tertiary/aromatic N) is 1. The lowest BCUT2D eigenvalue weighted by Crippen LogP contribution is -2.25. The molecule has 1 N–H and O–H groups in total. The molecule has 1 heterocycles. The average molecular weight is 234 g/mol. The molecule has 0 aromatic heterocycles. The summed E-state index contributed by atoms with van der Waals surface area (Å²) >= 11 is 0. The van der Waals surface area contributed by atoms with Gasteiger partial charge >= 0.3 is 0 Å². The van der Waals surface area contributed by atoms with Crippen LogP contribution in [0.4, 0.5) is 5.69 Å². The fourth-order valence-electron chi connectivity index (χ4n) is 2.18. The van der Waals surface area contributed by atoms with Crippen LogP contribution in [0.2, 0.25) is 0 Å². The van der Waals surface area contributed by atoms with Crippen LogP contribution in [0.25, 0.3) is 0 Å². The number of fused-ring (bicyclic) bond motifs is 1. The predicted molar refractivity (Wildman–Crippen MR) is 67.4 cm³/mol. The van der Waals surface area contributed by atoms with Gasteiger partial charge in [0.1, 0.15) is 6.73 Å². The Morgan fingerprint density at radius 2 is 2.35 bits per heavy atom. The van der Waals surface area contributed by atoms with E-state index in [4.69, 9.17) is 4.74 Å². The number of carbonyl (C=O) groups excluding carboxylic acids is 1. The Morgan fingerprint density at radius 1 is 1.53 bits per heavy atom. The molecule has 0 saturated carbocycles. The Hall–Kier alpha value is -1.55. The number of anilines is 1. The van der Waals surface area contributed by atoms with E-state index in [2.05, 4.69) is 17.1 Å². The smallest absolute Gasteiger partial charge is 0.253 e. The van der Waals surface area contributed by atoms with E-state index in [0.29, 0.717) is 5.56 Å². The number of hydrogen-bond acceptors (Lipinski definition) is 3. The second-order valence-electron chi connectivity index (χ2n) is 4.11. The molecular formula is C13H18N2O2. The van der Waals surface area contributed by atoms with Gasteiger partial charge in [0, 0.05) is 31.5 Å². The number of rotatable bonds is 4. The van der Waals surface area contributed by atoms with Crippen LogP contribution in [0.3, 0.4) is 0 Å². The van der Waals surface area contributed by atoms with E-state index in [9.17, 15) is 4.79 Å². The van der Waals surface area contributed by atoms with Gasteiger partial charge in [0.05, 0.1) is 0 Å². The zero-order valence-electron chi connectivity index (χ0n) is 10.3. The van der Waals surface area contributed by atoms with Gasteiger partial charge in [0.2, 0.25) is 0 Å². The lowest BCUT2D eigenvalue weighted by atomic mass is 10.1. The minimum absolute atomic E-state index is 0.0791. The van der Waals surface area contributed by atoms with Crippen molar-refractivity contribution in [3.8, 4) is 0 Å². The minimum Gasteiger partial charge on any atom is -0.371 e. The van der Waals surface area contributed by atoms with Crippen molar-refractivity contribution in [3.05, 3.63) is 29.3 Å². The summed E-state index contributed by atoms with van der Waals surface area (Å²) in [6.07, 6.45) is 1.02. The molecule has 92 valence electrons. The van der Waals surface area contributed by atoms with Crippen molar-refractivity contribution in [2.45, 2.75) is 13.3 Å². The molecular weight excluding hydrogens is 216 g/mol. The Morgan fingerprint density at radius 3 is 3.06 bits per heavy atom. The van der Waals surface area contributed by atoms with Gasteiger partial charge in [-0.2, -0.15) is 0 Å². The summed E-state index contributed by atoms with van der Waals surface area (Å²) in [6, 6.07) is 5.89. The zero-order chi connectivity index (χ0) is 12.3. The first kappa shape index (κ1) is 11.9. The number of amides is 1. The maximum absolute atomic E-state index is 11.7. The fraction of sp³-hybridized carbons (Fsp3) is 0.462. The van der Waals surface area contributed by atoms with E-state index < -0.39 is 0 Å². The third-order valence-electron chi connectivity index (χ3n) is 3.09. The van der Waals surface area contributed by atoms with Gasteiger partial charge < -0.3 is 15.0 Å². The molecule has 1 amide bonds. The Labute approximate surface area is 102 Å². The summed E-state index contributed by atoms with van der Waals surface area (Å²) in [6.45, 7) is 4.46. The van der Waals surface area contributed by atoms with E-state index >= 15 is 0 Å². The molecule has 17 heavy (non-hydrogen) atoms. The van der Waals surface area contributed by atoms with Crippen molar-refractivity contribution in [1.82, 2.24) is 5.32 Å². The summed E-state index contributed by atoms with van der Waals surface area (Å²) in [4.78, 5) is 14.1. The van der Waals surface area contributed by atoms with Gasteiger partial charge in [0.15, 0.2) is 0 Å². The molecule has 1 aromatic carbocycles. The first-order valence-electron chi connectivity index (χ1n) is 5.91. The number of likely N-dealkylation sites (N-methyl/N-ethyl adjacent to an activating group) is 1. The van der Waals surface area contributed by atoms with Crippen LogP contribution in [-0.2, 0) is 11.2 Å². The first-order chi connectivity index (χ1) is 8.26. The Balaban J connectivity index is 2.15. The van der Waals surface area contributed by atoms with Gasteiger partial charge in [-0.3, -0.25) is 4.79 Å². The van der Waals surface area contributed by atoms with Crippen molar-refractivity contribution in [3.63, 3.8) is 0 Å². The number of ether oxygens (including phenoxy) is 1. The number of nitrogens with one attached hydrogen (secondary N) is 1. The second kappa shape index (κ2) is 5.19. The van der Waals surface area contributed by atoms with Gasteiger partial charge in [-0.15, -0.1) is 0 Å². The topological polar surface area (TPSA) is 41.6 Å². The lowest BCUT2D eigenvalue weighted by Gasteiger charge is -2.16. The summed E-state index contributed by atoms with van der Waals surface area (Å²) < 4.78 is 4.82. The number of hydrogen-bond donors (Lipinski definition) is 1. The van der Waals surface area contributed by atoms with E-state index in [0.717, 1.165) is 19.5 Å². The van der Waals surface area contributed by atoms with Crippen LogP contribution in [0.15, 0.2) is 18.2 Å². The molecule has 4 heteroatoms. The highest BCUT2D eigenvalue weighted by atomic mass is 16.5. The predicted octanol–water partition coefficient (Wildman–Crippen LogP) is 1.40. The Kier molecular flexibility index (Phi) is 3.64. The molecule has 1 aliphatic heterocycles. The van der Waals surface area contributed by atoms with Crippen molar-refractivity contribution >= 4 is 11.6 Å². The van der Waals surface area contributed by atoms with Crippen LogP contribution < -0.4 is 10.2 Å². The molecule has 0 saturated heterocycles. The molecule has 2 rings (SSSR count). The molecule has 0 aliphatic carbocycles. The summed E-state index contributed by atoms with van der Waals surface area (Å²) in [7, 11) is 1.56. The molecule has 0 spiro atoms. The van der Waals surface area contributed by atoms with E-state index in [-0.39, 0.29) is 12.6 Å². The van der Waals surface area contributed by atoms with Crippen LogP contribution in [0.1, 0.15) is 22.8 Å². The molecule has 0 unspecified atom stereocenters. The normalized spacial score (nSPS) is 13.6. The maximum Gasteiger partial charge on any atom is 0.253 e. The van der Waals surface area contributed by atoms with E-state index in [1.807, 2.05) is 18.2 Å². The van der Waals surface area contributed by atoms with Crippen LogP contribution in [0, 0.1) is 0 Å². The number of methoxy groups -OCH3 is 1. The molecule has 0 atom stereocenters. The summed E-state index contributed by atoms with van der Waals surface area (Å²) in [5.74, 6) is -0.0791. The summed E-state index contributed by atoms with van der Waals surface area (Å²) in [5.41, 5.74) is 3.23. The van der Waals surface area contributed by atoms with Gasteiger partial charge in [-0.1, -0.05) is 0 Å². The van der Waals surface area contributed by atoms with Crippen LogP contribution in [-0.4, -0.2) is 32.8 Å². The first-order valence-corrected chi connectivity index (χ1v) is 5.91. The third-order valence-corrected chi connectivity index (χ3v) is 3.09. The average Bonchev–Trinajstić information content (AvgIpc) is 2.77. The minimum atomic E-state index is -0.0791. The van der Waals surface area contributed by atoms with E-state index in [1.54, 1.807) is 7.11 Å². The van der Waals surface area contributed by atoms with Crippen molar-refractivity contribution in [2.24, 2.45) is 0 Å². The van der Waals surface area contributed by atoms with Crippen LogP contribution >= 0.6 is 0 Å². The molecule has 0 radical (unpaired) electrons. The van der Waals surface area contributed by atoms with Crippen molar-refractivity contribution in [1.29, 1.82) is 0 Å². The molecule has 4 nitrogen and oxygen atoms in total. The highest BCUT2D eigenvalue weighted by Gasteiger charge is 2.18. The van der Waals surface area contributed by atoms with Crippen molar-refractivity contribution in [2.75, 3.05) is 31.8 Å². The molecule has 0 bridgehead atoms. The monoisotopic (exact) mass is 234 g/mol. The quantitative estimate of drug-likeness (QED) is 0.801. The summed E-state index contributed by atoms with van der Waals surface area (Å²) in [5, 5.41) is 2.69. The number of benzene rings is 1. The standard InChI is InChI=1S/C13H18N2O2/c1-3-15-7-6-10-8-11(4-5-12(10)15)13(16)14-9-17-2/h4-5,8H,3,6-7,9H2,1-2H3,(H,14,16). The second-order valence-corrected chi connectivity index (χ2v) is 4.11. The third kappa shape index (κ3) is 2.42. The SMILES string of the molecule is CCN1CCc2cc(C(=O)NCOC)ccc21. The highest BCUT2D eigenvalue weighted by molar-refractivity contribution is 5.95. The van der Waals surface area contributed by atoms with Crippen molar-refractivity contribution < 1.29 is 9.53 Å². The van der Waals surface area contributed by atoms with Gasteiger partial charge in [0.25, 0.3) is 5.91 Å². The van der Waals surface area contributed by atoms with Gasteiger partial charge in [-0.25, -0.2) is 0 Å². The fourth-order valence-corrected chi connectivity index (χ4v) is 2.18. The zero-order valence-corrected chi connectivity index (χ0v) is 10.3. The molecule has 1 aliphatic rings. The Bertz CT molecular complexity index is 418. The highest BCUT2D eigenvalue weighted by Crippen LogP contribution is 2.28. The molecule has 1 aromatic rings. The van der Waals surface area contributed by atoms with E-state index in [1.165, 1.54) is 11.3 Å². The largest absolute Gasteiger partial charge is 0.371 e. The van der Waals surface area contributed by atoms with Crippen LogP contribution in [0.5, 0.6) is 0 Å².